The maximum Gasteiger partial charge on any atom is 0.317 e. The lowest BCUT2D eigenvalue weighted by Gasteiger charge is -2.32. The maximum absolute atomic E-state index is 12.3. The largest absolute Gasteiger partial charge is 0.477 e. The van der Waals surface area contributed by atoms with Gasteiger partial charge in [0.1, 0.15) is 0 Å². The molecule has 1 aliphatic carbocycles. The number of urea groups is 1. The highest BCUT2D eigenvalue weighted by atomic mass is 16.5. The second-order valence-corrected chi connectivity index (χ2v) is 6.26. The first-order valence-electron chi connectivity index (χ1n) is 8.46. The van der Waals surface area contributed by atoms with Crippen LogP contribution in [-0.4, -0.2) is 48.3 Å². The Kier molecular flexibility index (Phi) is 5.33. The molecule has 0 radical (unpaired) electrons. The van der Waals surface area contributed by atoms with Crippen molar-refractivity contribution in [1.82, 2.24) is 15.2 Å². The van der Waals surface area contributed by atoms with E-state index >= 15 is 0 Å². The molecule has 2 fully saturated rings. The molecule has 2 amide bonds. The van der Waals surface area contributed by atoms with E-state index in [-0.39, 0.29) is 12.1 Å². The van der Waals surface area contributed by atoms with Gasteiger partial charge in [0.2, 0.25) is 5.88 Å². The van der Waals surface area contributed by atoms with Gasteiger partial charge in [-0.3, -0.25) is 0 Å². The summed E-state index contributed by atoms with van der Waals surface area (Å²) < 4.78 is 11.3. The Labute approximate surface area is 137 Å². The summed E-state index contributed by atoms with van der Waals surface area (Å²) in [6.07, 6.45) is 5.32. The molecule has 23 heavy (non-hydrogen) atoms. The van der Waals surface area contributed by atoms with Crippen molar-refractivity contribution in [2.24, 2.45) is 5.92 Å². The lowest BCUT2D eigenvalue weighted by Crippen LogP contribution is -2.49. The highest BCUT2D eigenvalue weighted by molar-refractivity contribution is 5.74. The van der Waals surface area contributed by atoms with Crippen molar-refractivity contribution in [3.05, 3.63) is 23.9 Å². The molecule has 1 unspecified atom stereocenters. The molecular formula is C17H25N3O3. The van der Waals surface area contributed by atoms with Crippen LogP contribution in [0.5, 0.6) is 5.88 Å². The van der Waals surface area contributed by atoms with Crippen LogP contribution in [0.4, 0.5) is 4.79 Å². The van der Waals surface area contributed by atoms with Crippen LogP contribution in [0.25, 0.3) is 0 Å². The number of aromatic nitrogens is 1. The van der Waals surface area contributed by atoms with Crippen molar-refractivity contribution in [3.8, 4) is 5.88 Å². The number of carbonyl (C=O) groups excluding carboxylic acids is 1. The molecule has 2 aliphatic rings. The molecule has 0 aromatic carbocycles. The maximum atomic E-state index is 12.3. The fourth-order valence-electron chi connectivity index (χ4n) is 2.57. The number of ether oxygens (including phenoxy) is 2. The molecule has 1 aromatic rings. The van der Waals surface area contributed by atoms with Crippen LogP contribution < -0.4 is 10.1 Å². The Morgan fingerprint density at radius 2 is 2.39 bits per heavy atom. The number of nitrogens with zero attached hydrogens (tertiary/aromatic N) is 2. The number of amides is 2. The van der Waals surface area contributed by atoms with Gasteiger partial charge in [-0.2, -0.15) is 0 Å². The van der Waals surface area contributed by atoms with E-state index < -0.39 is 0 Å². The van der Waals surface area contributed by atoms with Gasteiger partial charge >= 0.3 is 6.03 Å². The van der Waals surface area contributed by atoms with Crippen molar-refractivity contribution >= 4 is 6.03 Å². The van der Waals surface area contributed by atoms with E-state index in [2.05, 4.69) is 17.2 Å². The average molecular weight is 319 g/mol. The van der Waals surface area contributed by atoms with Gasteiger partial charge in [0.05, 0.1) is 19.3 Å². The van der Waals surface area contributed by atoms with Crippen LogP contribution in [0.1, 0.15) is 31.7 Å². The number of hydrogen-bond acceptors (Lipinski definition) is 4. The summed E-state index contributed by atoms with van der Waals surface area (Å²) in [6.45, 7) is 5.22. The minimum Gasteiger partial charge on any atom is -0.477 e. The van der Waals surface area contributed by atoms with Gasteiger partial charge in [0.25, 0.3) is 0 Å². The molecule has 126 valence electrons. The number of morpholine rings is 1. The van der Waals surface area contributed by atoms with Gasteiger partial charge in [-0.25, -0.2) is 9.78 Å². The fourth-order valence-corrected chi connectivity index (χ4v) is 2.57. The second-order valence-electron chi connectivity index (χ2n) is 6.26. The normalized spacial score (nSPS) is 21.1. The molecule has 1 aromatic heterocycles. The predicted molar refractivity (Wildman–Crippen MR) is 86.3 cm³/mol. The summed E-state index contributed by atoms with van der Waals surface area (Å²) in [5.41, 5.74) is 0.999. The number of hydrogen-bond donors (Lipinski definition) is 1. The molecule has 0 bridgehead atoms. The van der Waals surface area contributed by atoms with Crippen LogP contribution in [0.3, 0.4) is 0 Å². The minimum atomic E-state index is -0.0380. The lowest BCUT2D eigenvalue weighted by molar-refractivity contribution is -0.0154. The quantitative estimate of drug-likeness (QED) is 0.873. The van der Waals surface area contributed by atoms with Gasteiger partial charge in [0.15, 0.2) is 0 Å². The van der Waals surface area contributed by atoms with Crippen molar-refractivity contribution in [1.29, 1.82) is 0 Å². The predicted octanol–water partition coefficient (Wildman–Crippen LogP) is 2.19. The Morgan fingerprint density at radius 1 is 1.52 bits per heavy atom. The number of rotatable bonds is 6. The van der Waals surface area contributed by atoms with E-state index in [0.717, 1.165) is 18.6 Å². The zero-order valence-electron chi connectivity index (χ0n) is 13.7. The smallest absolute Gasteiger partial charge is 0.317 e. The van der Waals surface area contributed by atoms with Crippen LogP contribution in [-0.2, 0) is 11.3 Å². The van der Waals surface area contributed by atoms with Gasteiger partial charge in [-0.05, 0) is 36.8 Å². The molecule has 0 spiro atoms. The molecule has 3 rings (SSSR count). The summed E-state index contributed by atoms with van der Waals surface area (Å²) >= 11 is 0. The molecule has 1 N–H and O–H groups in total. The lowest BCUT2D eigenvalue weighted by atomic mass is 10.2. The van der Waals surface area contributed by atoms with Crippen molar-refractivity contribution in [2.75, 3.05) is 26.3 Å². The summed E-state index contributed by atoms with van der Waals surface area (Å²) in [6, 6.07) is 3.76. The van der Waals surface area contributed by atoms with E-state index in [9.17, 15) is 4.79 Å². The van der Waals surface area contributed by atoms with Crippen LogP contribution in [0, 0.1) is 5.92 Å². The highest BCUT2D eigenvalue weighted by Gasteiger charge is 2.23. The zero-order chi connectivity index (χ0) is 16.1. The topological polar surface area (TPSA) is 63.7 Å². The van der Waals surface area contributed by atoms with Gasteiger partial charge in [-0.1, -0.05) is 6.92 Å². The van der Waals surface area contributed by atoms with Gasteiger partial charge in [0, 0.05) is 31.9 Å². The van der Waals surface area contributed by atoms with E-state index in [1.54, 1.807) is 6.20 Å². The third-order valence-corrected chi connectivity index (χ3v) is 4.29. The zero-order valence-corrected chi connectivity index (χ0v) is 13.7. The second kappa shape index (κ2) is 7.64. The molecule has 1 atom stereocenters. The SMILES string of the molecule is CCC1CN(C(=O)NCc2ccnc(OCC3CC3)c2)CCO1. The molecular weight excluding hydrogens is 294 g/mol. The summed E-state index contributed by atoms with van der Waals surface area (Å²) in [5, 5.41) is 2.97. The summed E-state index contributed by atoms with van der Waals surface area (Å²) in [7, 11) is 0. The summed E-state index contributed by atoms with van der Waals surface area (Å²) in [5.74, 6) is 1.34. The highest BCUT2D eigenvalue weighted by Crippen LogP contribution is 2.29. The van der Waals surface area contributed by atoms with E-state index in [1.165, 1.54) is 12.8 Å². The van der Waals surface area contributed by atoms with E-state index in [0.29, 0.717) is 38.0 Å². The number of carbonyl (C=O) groups is 1. The van der Waals surface area contributed by atoms with Crippen molar-refractivity contribution in [3.63, 3.8) is 0 Å². The van der Waals surface area contributed by atoms with E-state index in [1.807, 2.05) is 17.0 Å². The Morgan fingerprint density at radius 3 is 3.17 bits per heavy atom. The molecule has 1 aliphatic heterocycles. The molecule has 6 nitrogen and oxygen atoms in total. The van der Waals surface area contributed by atoms with Crippen molar-refractivity contribution < 1.29 is 14.3 Å². The Bertz CT molecular complexity index is 534. The van der Waals surface area contributed by atoms with Gasteiger partial charge in [-0.15, -0.1) is 0 Å². The Balaban J connectivity index is 1.47. The first kappa shape index (κ1) is 16.1. The summed E-state index contributed by atoms with van der Waals surface area (Å²) in [4.78, 5) is 18.3. The third-order valence-electron chi connectivity index (χ3n) is 4.29. The fraction of sp³-hybridized carbons (Fsp3) is 0.647. The third kappa shape index (κ3) is 4.82. The number of nitrogens with one attached hydrogen (secondary N) is 1. The van der Waals surface area contributed by atoms with Gasteiger partial charge < -0.3 is 19.7 Å². The van der Waals surface area contributed by atoms with Crippen LogP contribution >= 0.6 is 0 Å². The Hall–Kier alpha value is -1.82. The van der Waals surface area contributed by atoms with E-state index in [4.69, 9.17) is 9.47 Å². The molecule has 1 saturated carbocycles. The van der Waals surface area contributed by atoms with Crippen molar-refractivity contribution in [2.45, 2.75) is 38.8 Å². The standard InChI is InChI=1S/C17H25N3O3/c1-2-15-11-20(7-8-22-15)17(21)19-10-14-5-6-18-16(9-14)23-12-13-3-4-13/h5-6,9,13,15H,2-4,7-8,10-12H2,1H3,(H,19,21). The van der Waals surface area contributed by atoms with Crippen LogP contribution in [0.2, 0.25) is 0 Å². The minimum absolute atomic E-state index is 0.0380. The molecule has 2 heterocycles. The molecule has 6 heteroatoms. The van der Waals surface area contributed by atoms with Crippen LogP contribution in [0.15, 0.2) is 18.3 Å². The first-order valence-corrected chi connectivity index (χ1v) is 8.46. The molecule has 1 saturated heterocycles. The average Bonchev–Trinajstić information content (AvgIpc) is 3.43. The first-order chi connectivity index (χ1) is 11.2. The number of pyridine rings is 1. The monoisotopic (exact) mass is 319 g/mol.